The van der Waals surface area contributed by atoms with Gasteiger partial charge in [0.2, 0.25) is 0 Å². The Bertz CT molecular complexity index is 581. The second-order valence-corrected chi connectivity index (χ2v) is 6.19. The van der Waals surface area contributed by atoms with E-state index in [2.05, 4.69) is 55.9 Å². The summed E-state index contributed by atoms with van der Waals surface area (Å²) in [5, 5.41) is 7.13. The average molecular weight is 377 g/mol. The number of nitrogens with one attached hydrogen (secondary N) is 1. The molecule has 90 valence electrons. The van der Waals surface area contributed by atoms with Crippen LogP contribution in [0.1, 0.15) is 19.9 Å². The molecular weight excluding hydrogens is 366 g/mol. The molecule has 1 N–H and O–H groups in total. The van der Waals surface area contributed by atoms with Crippen LogP contribution in [0.15, 0.2) is 27.1 Å². The van der Waals surface area contributed by atoms with Gasteiger partial charge >= 0.3 is 0 Å². The molecule has 0 unspecified atom stereocenters. The molecule has 0 saturated carbocycles. The molecule has 0 radical (unpaired) electrons. The highest BCUT2D eigenvalue weighted by atomic mass is 79.9. The van der Waals surface area contributed by atoms with Gasteiger partial charge in [0.15, 0.2) is 10.6 Å². The maximum absolute atomic E-state index is 5.24. The minimum Gasteiger partial charge on any atom is -0.298 e. The minimum atomic E-state index is 0.272. The molecule has 3 nitrogen and oxygen atoms in total. The SMILES string of the molecule is CC(C)n1c(-c2cc(Br)cc(Br)c2)n[nH]c1=S. The van der Waals surface area contributed by atoms with E-state index in [1.54, 1.807) is 0 Å². The summed E-state index contributed by atoms with van der Waals surface area (Å²) in [7, 11) is 0. The maximum atomic E-state index is 5.24. The Kier molecular flexibility index (Phi) is 3.85. The van der Waals surface area contributed by atoms with E-state index >= 15 is 0 Å². The number of benzene rings is 1. The van der Waals surface area contributed by atoms with Crippen molar-refractivity contribution < 1.29 is 0 Å². The standard InChI is InChI=1S/C11H11Br2N3S/c1-6(2)16-10(14-15-11(16)17)7-3-8(12)5-9(13)4-7/h3-6H,1-2H3,(H,15,17). The van der Waals surface area contributed by atoms with Crippen molar-refractivity contribution in [2.75, 3.05) is 0 Å². The van der Waals surface area contributed by atoms with Gasteiger partial charge < -0.3 is 0 Å². The lowest BCUT2D eigenvalue weighted by Gasteiger charge is -2.10. The van der Waals surface area contributed by atoms with Crippen molar-refractivity contribution in [3.63, 3.8) is 0 Å². The topological polar surface area (TPSA) is 33.6 Å². The summed E-state index contributed by atoms with van der Waals surface area (Å²) in [5.41, 5.74) is 1.02. The summed E-state index contributed by atoms with van der Waals surface area (Å²) in [6, 6.07) is 6.31. The first kappa shape index (κ1) is 13.0. The number of hydrogen-bond acceptors (Lipinski definition) is 2. The molecule has 1 heterocycles. The zero-order valence-corrected chi connectivity index (χ0v) is 13.4. The van der Waals surface area contributed by atoms with Gasteiger partial charge in [-0.05, 0) is 44.3 Å². The van der Waals surface area contributed by atoms with Crippen molar-refractivity contribution in [1.82, 2.24) is 14.8 Å². The fraction of sp³-hybridized carbons (Fsp3) is 0.273. The number of rotatable bonds is 2. The van der Waals surface area contributed by atoms with E-state index in [1.165, 1.54) is 0 Å². The third-order valence-electron chi connectivity index (χ3n) is 2.34. The Balaban J connectivity index is 2.64. The lowest BCUT2D eigenvalue weighted by atomic mass is 10.2. The van der Waals surface area contributed by atoms with Gasteiger partial charge in [-0.3, -0.25) is 9.67 Å². The molecule has 0 spiro atoms. The highest BCUT2D eigenvalue weighted by Gasteiger charge is 2.12. The zero-order valence-electron chi connectivity index (χ0n) is 9.37. The molecule has 0 aliphatic heterocycles. The number of aromatic amines is 1. The summed E-state index contributed by atoms with van der Waals surface area (Å²) in [6.07, 6.45) is 0. The van der Waals surface area contributed by atoms with Crippen LogP contribution in [0.2, 0.25) is 0 Å². The molecule has 1 aromatic carbocycles. The van der Waals surface area contributed by atoms with Gasteiger partial charge in [0.05, 0.1) is 0 Å². The Morgan fingerprint density at radius 2 is 1.82 bits per heavy atom. The number of H-pyrrole nitrogens is 1. The van der Waals surface area contributed by atoms with E-state index in [4.69, 9.17) is 12.2 Å². The molecule has 6 heteroatoms. The zero-order chi connectivity index (χ0) is 12.6. The Morgan fingerprint density at radius 1 is 1.24 bits per heavy atom. The molecule has 0 aliphatic carbocycles. The third-order valence-corrected chi connectivity index (χ3v) is 3.55. The van der Waals surface area contributed by atoms with Crippen molar-refractivity contribution in [2.45, 2.75) is 19.9 Å². The Labute approximate surface area is 122 Å². The molecule has 0 fully saturated rings. The van der Waals surface area contributed by atoms with Gasteiger partial charge in [-0.2, -0.15) is 5.10 Å². The van der Waals surface area contributed by atoms with Crippen LogP contribution in [0, 0.1) is 4.77 Å². The first-order chi connectivity index (χ1) is 7.99. The molecule has 1 aromatic heterocycles. The van der Waals surface area contributed by atoms with Gasteiger partial charge in [-0.25, -0.2) is 0 Å². The van der Waals surface area contributed by atoms with Gasteiger partial charge in [0, 0.05) is 20.6 Å². The Morgan fingerprint density at radius 3 is 2.35 bits per heavy atom. The highest BCUT2D eigenvalue weighted by Crippen LogP contribution is 2.28. The van der Waals surface area contributed by atoms with Gasteiger partial charge in [0.25, 0.3) is 0 Å². The molecular formula is C11H11Br2N3S. The largest absolute Gasteiger partial charge is 0.298 e. The molecule has 0 saturated heterocycles. The summed E-state index contributed by atoms with van der Waals surface area (Å²) >= 11 is 12.2. The molecule has 17 heavy (non-hydrogen) atoms. The highest BCUT2D eigenvalue weighted by molar-refractivity contribution is 9.11. The van der Waals surface area contributed by atoms with Gasteiger partial charge in [-0.1, -0.05) is 31.9 Å². The second-order valence-electron chi connectivity index (χ2n) is 3.97. The minimum absolute atomic E-state index is 0.272. The van der Waals surface area contributed by atoms with E-state index in [-0.39, 0.29) is 6.04 Å². The lowest BCUT2D eigenvalue weighted by molar-refractivity contribution is 0.597. The van der Waals surface area contributed by atoms with Crippen LogP contribution >= 0.6 is 44.1 Å². The van der Waals surface area contributed by atoms with Gasteiger partial charge in [0.1, 0.15) is 0 Å². The molecule has 0 bridgehead atoms. The van der Waals surface area contributed by atoms with Crippen LogP contribution in [-0.4, -0.2) is 14.8 Å². The maximum Gasteiger partial charge on any atom is 0.195 e. The van der Waals surface area contributed by atoms with Crippen molar-refractivity contribution in [1.29, 1.82) is 0 Å². The smallest absolute Gasteiger partial charge is 0.195 e. The van der Waals surface area contributed by atoms with Crippen LogP contribution < -0.4 is 0 Å². The Hall–Kier alpha value is -0.460. The summed E-state index contributed by atoms with van der Waals surface area (Å²) in [4.78, 5) is 0. The monoisotopic (exact) mass is 375 g/mol. The summed E-state index contributed by atoms with van der Waals surface area (Å²) in [5.74, 6) is 0.854. The van der Waals surface area contributed by atoms with Crippen LogP contribution in [0.5, 0.6) is 0 Å². The third kappa shape index (κ3) is 2.69. The molecule has 2 aromatic rings. The first-order valence-corrected chi connectivity index (χ1v) is 7.12. The molecule has 0 amide bonds. The molecule has 0 aliphatic rings. The van der Waals surface area contributed by atoms with Crippen LogP contribution in [0.25, 0.3) is 11.4 Å². The van der Waals surface area contributed by atoms with Crippen LogP contribution in [-0.2, 0) is 0 Å². The van der Waals surface area contributed by atoms with E-state index in [0.29, 0.717) is 4.77 Å². The summed E-state index contributed by atoms with van der Waals surface area (Å²) in [6.45, 7) is 4.17. The fourth-order valence-corrected chi connectivity index (χ4v) is 3.31. The van der Waals surface area contributed by atoms with E-state index in [9.17, 15) is 0 Å². The van der Waals surface area contributed by atoms with E-state index < -0.39 is 0 Å². The van der Waals surface area contributed by atoms with Crippen molar-refractivity contribution >= 4 is 44.1 Å². The lowest BCUT2D eigenvalue weighted by Crippen LogP contribution is -2.03. The predicted octanol–water partition coefficient (Wildman–Crippen LogP) is 4.71. The molecule has 0 atom stereocenters. The normalized spacial score (nSPS) is 11.1. The quantitative estimate of drug-likeness (QED) is 0.769. The van der Waals surface area contributed by atoms with E-state index in [0.717, 1.165) is 20.3 Å². The first-order valence-electron chi connectivity index (χ1n) is 5.12. The number of aromatic nitrogens is 3. The van der Waals surface area contributed by atoms with Crippen LogP contribution in [0.3, 0.4) is 0 Å². The fourth-order valence-electron chi connectivity index (χ4n) is 1.67. The van der Waals surface area contributed by atoms with Gasteiger partial charge in [-0.15, -0.1) is 0 Å². The van der Waals surface area contributed by atoms with Crippen molar-refractivity contribution in [2.24, 2.45) is 0 Å². The number of nitrogens with zero attached hydrogens (tertiary/aromatic N) is 2. The van der Waals surface area contributed by atoms with Crippen LogP contribution in [0.4, 0.5) is 0 Å². The van der Waals surface area contributed by atoms with Crippen molar-refractivity contribution in [3.8, 4) is 11.4 Å². The number of hydrogen-bond donors (Lipinski definition) is 1. The second kappa shape index (κ2) is 5.04. The van der Waals surface area contributed by atoms with E-state index in [1.807, 2.05) is 22.8 Å². The molecule has 2 rings (SSSR count). The average Bonchev–Trinajstić information content (AvgIpc) is 2.58. The summed E-state index contributed by atoms with van der Waals surface area (Å²) < 4.78 is 4.66. The predicted molar refractivity (Wildman–Crippen MR) is 78.6 cm³/mol. The van der Waals surface area contributed by atoms with Crippen molar-refractivity contribution in [3.05, 3.63) is 31.9 Å². The number of halogens is 2.